The van der Waals surface area contributed by atoms with Crippen molar-refractivity contribution in [1.29, 1.82) is 0 Å². The molecule has 0 aromatic heterocycles. The van der Waals surface area contributed by atoms with Crippen LogP contribution in [0.1, 0.15) is 13.8 Å². The van der Waals surface area contributed by atoms with Gasteiger partial charge in [0.25, 0.3) is 5.69 Å². The van der Waals surface area contributed by atoms with Crippen molar-refractivity contribution in [3.05, 3.63) is 28.3 Å². The number of sulfonamides is 1. The Bertz CT molecular complexity index is 788. The third-order valence-electron chi connectivity index (χ3n) is 4.00. The molecule has 1 aromatic carbocycles. The van der Waals surface area contributed by atoms with Gasteiger partial charge in [0.15, 0.2) is 0 Å². The first-order valence-corrected chi connectivity index (χ1v) is 9.70. The smallest absolute Gasteiger partial charge is 0.293 e. The number of hydrogen-bond donors (Lipinski definition) is 2. The van der Waals surface area contributed by atoms with Crippen LogP contribution in [0.3, 0.4) is 0 Å². The van der Waals surface area contributed by atoms with Gasteiger partial charge in [-0.1, -0.05) is 0 Å². The van der Waals surface area contributed by atoms with Crippen molar-refractivity contribution in [3.8, 4) is 0 Å². The number of anilines is 1. The molecule has 1 amide bonds. The number of amides is 1. The topological polar surface area (TPSA) is 139 Å². The van der Waals surface area contributed by atoms with E-state index in [1.54, 1.807) is 0 Å². The van der Waals surface area contributed by atoms with E-state index in [2.05, 4.69) is 5.32 Å². The first-order chi connectivity index (χ1) is 12.1. The van der Waals surface area contributed by atoms with E-state index in [4.69, 9.17) is 5.14 Å². The van der Waals surface area contributed by atoms with E-state index in [1.807, 2.05) is 23.6 Å². The van der Waals surface area contributed by atoms with Crippen molar-refractivity contribution in [2.75, 3.05) is 37.6 Å². The number of carbonyl (C=O) groups excluding carboxylic acids is 1. The molecule has 2 rings (SSSR count). The molecule has 10 nitrogen and oxygen atoms in total. The molecule has 1 aliphatic rings. The highest BCUT2D eigenvalue weighted by Crippen LogP contribution is 2.31. The molecular weight excluding hydrogens is 362 g/mol. The van der Waals surface area contributed by atoms with E-state index in [-0.39, 0.29) is 29.1 Å². The van der Waals surface area contributed by atoms with Crippen molar-refractivity contribution in [3.63, 3.8) is 0 Å². The van der Waals surface area contributed by atoms with Gasteiger partial charge in [-0.15, -0.1) is 0 Å². The Labute approximate surface area is 152 Å². The fourth-order valence-corrected chi connectivity index (χ4v) is 3.35. The lowest BCUT2D eigenvalue weighted by atomic mass is 10.2. The molecule has 11 heteroatoms. The maximum absolute atomic E-state index is 11.8. The molecule has 0 atom stereocenters. The number of benzene rings is 1. The Morgan fingerprint density at radius 1 is 1.31 bits per heavy atom. The molecule has 0 bridgehead atoms. The number of carbonyl (C=O) groups is 1. The van der Waals surface area contributed by atoms with Gasteiger partial charge in [0, 0.05) is 38.3 Å². The van der Waals surface area contributed by atoms with Crippen LogP contribution in [0.15, 0.2) is 23.1 Å². The van der Waals surface area contributed by atoms with E-state index in [1.165, 1.54) is 12.1 Å². The largest absolute Gasteiger partial charge is 0.363 e. The van der Waals surface area contributed by atoms with Crippen LogP contribution < -0.4 is 15.4 Å². The van der Waals surface area contributed by atoms with Gasteiger partial charge in [-0.25, -0.2) is 13.6 Å². The average Bonchev–Trinajstić information content (AvgIpc) is 2.53. The molecule has 1 aromatic rings. The molecule has 1 heterocycles. The Hall–Kier alpha value is -2.24. The van der Waals surface area contributed by atoms with Gasteiger partial charge in [-0.3, -0.25) is 19.8 Å². The molecule has 0 spiro atoms. The lowest BCUT2D eigenvalue weighted by molar-refractivity contribution is -0.384. The van der Waals surface area contributed by atoms with E-state index < -0.39 is 14.9 Å². The summed E-state index contributed by atoms with van der Waals surface area (Å²) >= 11 is 0. The number of nitrogens with two attached hydrogens (primary N) is 1. The van der Waals surface area contributed by atoms with Crippen LogP contribution in [0, 0.1) is 10.1 Å². The number of nitro groups is 1. The van der Waals surface area contributed by atoms with Crippen molar-refractivity contribution >= 4 is 27.3 Å². The van der Waals surface area contributed by atoms with Crippen molar-refractivity contribution in [2.24, 2.45) is 5.14 Å². The number of primary sulfonamides is 1. The summed E-state index contributed by atoms with van der Waals surface area (Å²) in [4.78, 5) is 26.0. The summed E-state index contributed by atoms with van der Waals surface area (Å²) in [6.45, 7) is 6.17. The summed E-state index contributed by atoms with van der Waals surface area (Å²) in [5.74, 6) is -0.0584. The monoisotopic (exact) mass is 385 g/mol. The Morgan fingerprint density at radius 3 is 2.42 bits per heavy atom. The number of nitrogens with zero attached hydrogens (tertiary/aromatic N) is 3. The highest BCUT2D eigenvalue weighted by molar-refractivity contribution is 7.89. The minimum absolute atomic E-state index is 0.0584. The van der Waals surface area contributed by atoms with Crippen LogP contribution in [0.25, 0.3) is 0 Å². The van der Waals surface area contributed by atoms with Gasteiger partial charge in [-0.05, 0) is 26.0 Å². The fourth-order valence-electron chi connectivity index (χ4n) is 2.81. The Kier molecular flexibility index (Phi) is 6.16. The molecule has 0 aliphatic carbocycles. The van der Waals surface area contributed by atoms with Crippen LogP contribution in [0.5, 0.6) is 0 Å². The van der Waals surface area contributed by atoms with Crippen LogP contribution in [0.2, 0.25) is 0 Å². The Balaban J connectivity index is 2.09. The van der Waals surface area contributed by atoms with Crippen molar-refractivity contribution in [2.45, 2.75) is 24.8 Å². The van der Waals surface area contributed by atoms with Crippen LogP contribution in [-0.4, -0.2) is 62.9 Å². The molecule has 26 heavy (non-hydrogen) atoms. The first-order valence-electron chi connectivity index (χ1n) is 8.16. The summed E-state index contributed by atoms with van der Waals surface area (Å²) in [6.07, 6.45) is 0. The lowest BCUT2D eigenvalue weighted by Gasteiger charge is -2.35. The summed E-state index contributed by atoms with van der Waals surface area (Å²) < 4.78 is 22.8. The SMILES string of the molecule is CC(C)NC(=O)CN1CCN(c2ccc(S(N)(=O)=O)cc2[N+](=O)[O-])CC1. The standard InChI is InChI=1S/C15H23N5O5S/c1-11(2)17-15(21)10-18-5-7-19(8-6-18)13-4-3-12(26(16,24)25)9-14(13)20(22)23/h3-4,9,11H,5-8,10H2,1-2H3,(H,17,21)(H2,16,24,25). The molecule has 1 fully saturated rings. The molecule has 0 radical (unpaired) electrons. The molecule has 0 unspecified atom stereocenters. The molecule has 144 valence electrons. The molecule has 3 N–H and O–H groups in total. The zero-order valence-corrected chi connectivity index (χ0v) is 15.5. The molecule has 1 aliphatic heterocycles. The second-order valence-corrected chi connectivity index (χ2v) is 8.00. The maximum Gasteiger partial charge on any atom is 0.293 e. The van der Waals surface area contributed by atoms with E-state index >= 15 is 0 Å². The van der Waals surface area contributed by atoms with Crippen LogP contribution in [-0.2, 0) is 14.8 Å². The van der Waals surface area contributed by atoms with Crippen molar-refractivity contribution in [1.82, 2.24) is 10.2 Å². The highest BCUT2D eigenvalue weighted by Gasteiger charge is 2.26. The summed E-state index contributed by atoms with van der Waals surface area (Å²) in [6, 6.07) is 3.72. The maximum atomic E-state index is 11.8. The van der Waals surface area contributed by atoms with Crippen molar-refractivity contribution < 1.29 is 18.1 Å². The fraction of sp³-hybridized carbons (Fsp3) is 0.533. The third kappa shape index (κ3) is 5.13. The number of nitrogens with one attached hydrogen (secondary N) is 1. The predicted molar refractivity (Wildman–Crippen MR) is 96.4 cm³/mol. The second kappa shape index (κ2) is 7.98. The van der Waals surface area contributed by atoms with Gasteiger partial charge in [-0.2, -0.15) is 0 Å². The van der Waals surface area contributed by atoms with Crippen LogP contribution >= 0.6 is 0 Å². The predicted octanol–water partition coefficient (Wildman–Crippen LogP) is -0.111. The average molecular weight is 385 g/mol. The second-order valence-electron chi connectivity index (χ2n) is 6.44. The number of rotatable bonds is 6. The number of hydrogen-bond acceptors (Lipinski definition) is 7. The number of nitro benzene ring substituents is 1. The van der Waals surface area contributed by atoms with Crippen LogP contribution in [0.4, 0.5) is 11.4 Å². The van der Waals surface area contributed by atoms with E-state index in [0.29, 0.717) is 31.9 Å². The lowest BCUT2D eigenvalue weighted by Crippen LogP contribution is -2.50. The normalized spacial score (nSPS) is 15.9. The summed E-state index contributed by atoms with van der Waals surface area (Å²) in [7, 11) is -4.01. The minimum atomic E-state index is -4.01. The highest BCUT2D eigenvalue weighted by atomic mass is 32.2. The van der Waals surface area contributed by atoms with Gasteiger partial charge in [0.2, 0.25) is 15.9 Å². The number of piperazine rings is 1. The zero-order chi connectivity index (χ0) is 19.5. The zero-order valence-electron chi connectivity index (χ0n) is 14.7. The van der Waals surface area contributed by atoms with E-state index in [0.717, 1.165) is 6.07 Å². The van der Waals surface area contributed by atoms with Gasteiger partial charge in [0.1, 0.15) is 5.69 Å². The van der Waals surface area contributed by atoms with E-state index in [9.17, 15) is 23.3 Å². The minimum Gasteiger partial charge on any atom is -0.363 e. The quantitative estimate of drug-likeness (QED) is 0.514. The first kappa shape index (κ1) is 20.1. The van der Waals surface area contributed by atoms with Gasteiger partial charge in [0.05, 0.1) is 16.4 Å². The summed E-state index contributed by atoms with van der Waals surface area (Å²) in [5.41, 5.74) is 0.0382. The van der Waals surface area contributed by atoms with Gasteiger partial charge >= 0.3 is 0 Å². The van der Waals surface area contributed by atoms with Gasteiger partial charge < -0.3 is 10.2 Å². The summed E-state index contributed by atoms with van der Waals surface area (Å²) in [5, 5.41) is 19.2. The molecule has 0 saturated carbocycles. The Morgan fingerprint density at radius 2 is 1.92 bits per heavy atom. The third-order valence-corrected chi connectivity index (χ3v) is 4.91. The molecule has 1 saturated heterocycles. The molecular formula is C15H23N5O5S.